The van der Waals surface area contributed by atoms with Gasteiger partial charge in [-0.15, -0.1) is 5.10 Å². The standard InChI is InChI=1S/C7H8N4O/c1-2-8-11-7(12)6-4-3-5-9-10-6/h2-5H,1H3,(H,11,12)/b8-2+. The Morgan fingerprint density at radius 2 is 2.58 bits per heavy atom. The lowest BCUT2D eigenvalue weighted by molar-refractivity contribution is 0.0949. The number of rotatable bonds is 2. The monoisotopic (exact) mass is 164 g/mol. The van der Waals surface area contributed by atoms with Crippen LogP contribution >= 0.6 is 0 Å². The average Bonchev–Trinajstić information content (AvgIpc) is 2.15. The van der Waals surface area contributed by atoms with Crippen molar-refractivity contribution < 1.29 is 4.79 Å². The quantitative estimate of drug-likeness (QED) is 0.502. The van der Waals surface area contributed by atoms with Crippen LogP contribution in [0.3, 0.4) is 0 Å². The fourth-order valence-corrected chi connectivity index (χ4v) is 0.603. The van der Waals surface area contributed by atoms with Gasteiger partial charge in [-0.1, -0.05) is 0 Å². The normalized spacial score (nSPS) is 10.1. The molecule has 62 valence electrons. The molecule has 1 aromatic heterocycles. The predicted molar refractivity (Wildman–Crippen MR) is 43.7 cm³/mol. The smallest absolute Gasteiger partial charge is 0.265 e. The molecular formula is C7H8N4O. The fourth-order valence-electron chi connectivity index (χ4n) is 0.603. The molecule has 1 heterocycles. The molecule has 0 spiro atoms. The lowest BCUT2D eigenvalue weighted by Gasteiger charge is -1.95. The van der Waals surface area contributed by atoms with E-state index in [2.05, 4.69) is 20.7 Å². The van der Waals surface area contributed by atoms with Gasteiger partial charge in [0.2, 0.25) is 0 Å². The van der Waals surface area contributed by atoms with Gasteiger partial charge >= 0.3 is 0 Å². The number of amides is 1. The molecule has 0 aromatic carbocycles. The maximum atomic E-state index is 11.1. The van der Waals surface area contributed by atoms with Crippen molar-refractivity contribution in [2.24, 2.45) is 5.10 Å². The van der Waals surface area contributed by atoms with E-state index in [-0.39, 0.29) is 11.6 Å². The molecule has 0 fully saturated rings. The minimum absolute atomic E-state index is 0.253. The summed E-state index contributed by atoms with van der Waals surface area (Å²) >= 11 is 0. The van der Waals surface area contributed by atoms with Crippen molar-refractivity contribution in [1.29, 1.82) is 0 Å². The molecule has 1 aromatic rings. The highest BCUT2D eigenvalue weighted by Gasteiger charge is 2.03. The molecule has 0 aliphatic heterocycles. The number of nitrogens with one attached hydrogen (secondary N) is 1. The van der Waals surface area contributed by atoms with E-state index >= 15 is 0 Å². The van der Waals surface area contributed by atoms with Gasteiger partial charge in [-0.25, -0.2) is 5.43 Å². The SMILES string of the molecule is C/C=N/NC(=O)c1cccnn1. The first kappa shape index (κ1) is 8.32. The Labute approximate surface area is 69.5 Å². The van der Waals surface area contributed by atoms with Crippen molar-refractivity contribution in [2.75, 3.05) is 0 Å². The summed E-state index contributed by atoms with van der Waals surface area (Å²) in [5.74, 6) is -0.360. The van der Waals surface area contributed by atoms with Crippen molar-refractivity contribution in [2.45, 2.75) is 6.92 Å². The maximum absolute atomic E-state index is 11.1. The summed E-state index contributed by atoms with van der Waals surface area (Å²) in [6.45, 7) is 1.71. The Kier molecular flexibility index (Phi) is 2.89. The number of carbonyl (C=O) groups is 1. The van der Waals surface area contributed by atoms with Gasteiger partial charge in [0, 0.05) is 12.4 Å². The third-order valence-electron chi connectivity index (χ3n) is 1.10. The van der Waals surface area contributed by atoms with Crippen LogP contribution in [0.15, 0.2) is 23.4 Å². The van der Waals surface area contributed by atoms with E-state index in [1.54, 1.807) is 19.1 Å². The summed E-state index contributed by atoms with van der Waals surface area (Å²) in [5.41, 5.74) is 2.53. The van der Waals surface area contributed by atoms with Crippen LogP contribution in [-0.2, 0) is 0 Å². The second kappa shape index (κ2) is 4.17. The molecule has 5 nitrogen and oxygen atoms in total. The van der Waals surface area contributed by atoms with Gasteiger partial charge in [0.05, 0.1) is 0 Å². The minimum Gasteiger partial charge on any atom is -0.265 e. The van der Waals surface area contributed by atoms with Gasteiger partial charge in [-0.05, 0) is 19.1 Å². The van der Waals surface area contributed by atoms with E-state index in [0.717, 1.165) is 0 Å². The molecule has 0 unspecified atom stereocenters. The van der Waals surface area contributed by atoms with Crippen LogP contribution in [0.1, 0.15) is 17.4 Å². The zero-order valence-corrected chi connectivity index (χ0v) is 6.56. The molecule has 1 rings (SSSR count). The molecule has 0 bridgehead atoms. The second-order valence-electron chi connectivity index (χ2n) is 1.94. The Bertz CT molecular complexity index is 283. The molecule has 1 amide bonds. The van der Waals surface area contributed by atoms with Gasteiger partial charge in [-0.2, -0.15) is 10.2 Å². The lowest BCUT2D eigenvalue weighted by Crippen LogP contribution is -2.18. The Balaban J connectivity index is 2.66. The van der Waals surface area contributed by atoms with Gasteiger partial charge in [0.25, 0.3) is 5.91 Å². The highest BCUT2D eigenvalue weighted by molar-refractivity contribution is 5.92. The third-order valence-corrected chi connectivity index (χ3v) is 1.10. The van der Waals surface area contributed by atoms with E-state index in [9.17, 15) is 4.79 Å². The first-order valence-corrected chi connectivity index (χ1v) is 3.40. The van der Waals surface area contributed by atoms with Crippen LogP contribution in [0.25, 0.3) is 0 Å². The molecule has 5 heteroatoms. The Hall–Kier alpha value is -1.78. The highest BCUT2D eigenvalue weighted by atomic mass is 16.2. The molecule has 0 aliphatic carbocycles. The summed E-state index contributed by atoms with van der Waals surface area (Å²) in [5, 5.41) is 10.7. The predicted octanol–water partition coefficient (Wildman–Crippen LogP) is 0.212. The van der Waals surface area contributed by atoms with Crippen molar-refractivity contribution in [3.63, 3.8) is 0 Å². The maximum Gasteiger partial charge on any atom is 0.291 e. The number of carbonyl (C=O) groups excluding carboxylic acids is 1. The van der Waals surface area contributed by atoms with E-state index in [4.69, 9.17) is 0 Å². The second-order valence-corrected chi connectivity index (χ2v) is 1.94. The molecule has 0 atom stereocenters. The number of hydrazone groups is 1. The lowest BCUT2D eigenvalue weighted by atomic mass is 10.4. The third kappa shape index (κ3) is 2.12. The van der Waals surface area contributed by atoms with Crippen molar-refractivity contribution in [1.82, 2.24) is 15.6 Å². The number of hydrogen-bond acceptors (Lipinski definition) is 4. The first-order chi connectivity index (χ1) is 5.84. The first-order valence-electron chi connectivity index (χ1n) is 3.40. The van der Waals surface area contributed by atoms with Gasteiger partial charge in [0.15, 0.2) is 5.69 Å². The van der Waals surface area contributed by atoms with Crippen molar-refractivity contribution >= 4 is 12.1 Å². The van der Waals surface area contributed by atoms with Crippen LogP contribution in [0, 0.1) is 0 Å². The van der Waals surface area contributed by atoms with Crippen LogP contribution in [0.4, 0.5) is 0 Å². The van der Waals surface area contributed by atoms with Crippen molar-refractivity contribution in [3.05, 3.63) is 24.0 Å². The van der Waals surface area contributed by atoms with Crippen LogP contribution in [0.2, 0.25) is 0 Å². The highest BCUT2D eigenvalue weighted by Crippen LogP contribution is 1.89. The van der Waals surface area contributed by atoms with Crippen LogP contribution in [-0.4, -0.2) is 22.3 Å². The summed E-state index contributed by atoms with van der Waals surface area (Å²) in [4.78, 5) is 11.1. The van der Waals surface area contributed by atoms with E-state index in [1.165, 1.54) is 12.4 Å². The van der Waals surface area contributed by atoms with E-state index in [1.807, 2.05) is 0 Å². The number of nitrogens with zero attached hydrogens (tertiary/aromatic N) is 3. The topological polar surface area (TPSA) is 67.2 Å². The van der Waals surface area contributed by atoms with Crippen LogP contribution in [0.5, 0.6) is 0 Å². The largest absolute Gasteiger partial charge is 0.291 e. The average molecular weight is 164 g/mol. The van der Waals surface area contributed by atoms with Gasteiger partial charge in [0.1, 0.15) is 0 Å². The van der Waals surface area contributed by atoms with E-state index in [0.29, 0.717) is 0 Å². The molecule has 1 N–H and O–H groups in total. The summed E-state index contributed by atoms with van der Waals surface area (Å²) in [6, 6.07) is 3.20. The minimum atomic E-state index is -0.360. The summed E-state index contributed by atoms with van der Waals surface area (Å²) in [7, 11) is 0. The van der Waals surface area contributed by atoms with E-state index < -0.39 is 0 Å². The van der Waals surface area contributed by atoms with Crippen molar-refractivity contribution in [3.8, 4) is 0 Å². The fraction of sp³-hybridized carbons (Fsp3) is 0.143. The Morgan fingerprint density at radius 3 is 3.17 bits per heavy atom. The van der Waals surface area contributed by atoms with Gasteiger partial charge < -0.3 is 0 Å². The summed E-state index contributed by atoms with van der Waals surface area (Å²) in [6.07, 6.45) is 2.98. The molecule has 12 heavy (non-hydrogen) atoms. The summed E-state index contributed by atoms with van der Waals surface area (Å²) < 4.78 is 0. The molecule has 0 saturated carbocycles. The number of aromatic nitrogens is 2. The zero-order chi connectivity index (χ0) is 8.81. The molecule has 0 aliphatic rings. The molecule has 0 saturated heterocycles. The molecular weight excluding hydrogens is 156 g/mol. The van der Waals surface area contributed by atoms with Gasteiger partial charge in [-0.3, -0.25) is 4.79 Å². The van der Waals surface area contributed by atoms with Crippen LogP contribution < -0.4 is 5.43 Å². The molecule has 0 radical (unpaired) electrons. The Morgan fingerprint density at radius 1 is 1.75 bits per heavy atom. The number of hydrogen-bond donors (Lipinski definition) is 1. The zero-order valence-electron chi connectivity index (χ0n) is 6.56.